The van der Waals surface area contributed by atoms with Crippen molar-refractivity contribution in [1.29, 1.82) is 0 Å². The Labute approximate surface area is 131 Å². The molecule has 1 rings (SSSR count). The van der Waals surface area contributed by atoms with E-state index in [2.05, 4.69) is 15.6 Å². The van der Waals surface area contributed by atoms with Gasteiger partial charge in [-0.25, -0.2) is 4.79 Å². The van der Waals surface area contributed by atoms with Crippen LogP contribution in [0.4, 0.5) is 0 Å². The number of hydrogen-bond donors (Lipinski definition) is 2. The van der Waals surface area contributed by atoms with Gasteiger partial charge in [0.25, 0.3) is 0 Å². The molecule has 1 atom stereocenters. The van der Waals surface area contributed by atoms with Crippen LogP contribution in [0.3, 0.4) is 0 Å². The van der Waals surface area contributed by atoms with Crippen molar-refractivity contribution < 1.29 is 19.2 Å². The van der Waals surface area contributed by atoms with Crippen molar-refractivity contribution >= 4 is 11.9 Å². The van der Waals surface area contributed by atoms with E-state index < -0.39 is 17.6 Å². The van der Waals surface area contributed by atoms with Crippen LogP contribution in [0.1, 0.15) is 26.3 Å². The van der Waals surface area contributed by atoms with Crippen molar-refractivity contribution in [3.8, 4) is 0 Å². The van der Waals surface area contributed by atoms with Gasteiger partial charge in [0.05, 0.1) is 13.7 Å². The fourth-order valence-corrected chi connectivity index (χ4v) is 1.80. The molecule has 1 aromatic rings. The second kappa shape index (κ2) is 8.51. The number of carbonyl (C=O) groups is 2. The third-order valence-corrected chi connectivity index (χ3v) is 2.69. The van der Waals surface area contributed by atoms with Crippen LogP contribution < -0.4 is 10.8 Å². The second-order valence-electron chi connectivity index (χ2n) is 5.87. The number of esters is 1. The van der Waals surface area contributed by atoms with Gasteiger partial charge in [-0.05, 0) is 26.3 Å². The average Bonchev–Trinajstić information content (AvgIpc) is 2.43. The summed E-state index contributed by atoms with van der Waals surface area (Å²) in [6.45, 7) is 5.33. The predicted octanol–water partition coefficient (Wildman–Crippen LogP) is 1.21. The summed E-state index contributed by atoms with van der Waals surface area (Å²) < 4.78 is 5.37. The third-order valence-electron chi connectivity index (χ3n) is 2.69. The summed E-state index contributed by atoms with van der Waals surface area (Å²) in [5, 5.41) is 2.67. The van der Waals surface area contributed by atoms with Crippen molar-refractivity contribution in [3.05, 3.63) is 35.9 Å². The molecule has 22 heavy (non-hydrogen) atoms. The first-order valence-electron chi connectivity index (χ1n) is 7.14. The van der Waals surface area contributed by atoms with Crippen LogP contribution in [0, 0.1) is 0 Å². The first kappa shape index (κ1) is 18.1. The molecule has 0 radical (unpaired) electrons. The van der Waals surface area contributed by atoms with Crippen LogP contribution in [0.25, 0.3) is 0 Å². The summed E-state index contributed by atoms with van der Waals surface area (Å²) >= 11 is 0. The molecule has 1 amide bonds. The van der Waals surface area contributed by atoms with Gasteiger partial charge in [-0.1, -0.05) is 30.3 Å². The molecule has 2 N–H and O–H groups in total. The van der Waals surface area contributed by atoms with E-state index in [-0.39, 0.29) is 12.5 Å². The molecule has 6 heteroatoms. The van der Waals surface area contributed by atoms with Crippen LogP contribution in [0.5, 0.6) is 0 Å². The van der Waals surface area contributed by atoms with Crippen molar-refractivity contribution in [2.75, 3.05) is 13.7 Å². The highest BCUT2D eigenvalue weighted by Gasteiger charge is 2.26. The Balaban J connectivity index is 2.76. The molecule has 6 nitrogen and oxygen atoms in total. The summed E-state index contributed by atoms with van der Waals surface area (Å²) in [6, 6.07) is 8.72. The molecule has 1 aromatic carbocycles. The number of ether oxygens (including phenoxy) is 1. The fourth-order valence-electron chi connectivity index (χ4n) is 1.80. The Kier molecular flexibility index (Phi) is 7.01. The topological polar surface area (TPSA) is 76.7 Å². The molecule has 0 saturated heterocycles. The zero-order valence-electron chi connectivity index (χ0n) is 13.5. The molecular formula is C16H24N2O4. The zero-order chi connectivity index (χ0) is 16.6. The van der Waals surface area contributed by atoms with E-state index in [1.807, 2.05) is 30.3 Å². The molecule has 0 aromatic heterocycles. The Morgan fingerprint density at radius 1 is 1.18 bits per heavy atom. The lowest BCUT2D eigenvalue weighted by Crippen LogP contribution is -2.47. The maximum atomic E-state index is 12.3. The van der Waals surface area contributed by atoms with Gasteiger partial charge >= 0.3 is 5.97 Å². The molecule has 0 unspecified atom stereocenters. The maximum absolute atomic E-state index is 12.3. The van der Waals surface area contributed by atoms with E-state index in [9.17, 15) is 9.59 Å². The fraction of sp³-hybridized carbons (Fsp3) is 0.500. The molecule has 0 aliphatic carbocycles. The number of hydroxylamine groups is 1. The Morgan fingerprint density at radius 2 is 1.82 bits per heavy atom. The molecule has 0 saturated carbocycles. The summed E-state index contributed by atoms with van der Waals surface area (Å²) in [5.41, 5.74) is 2.77. The molecule has 0 fully saturated rings. The van der Waals surface area contributed by atoms with Crippen molar-refractivity contribution in [1.82, 2.24) is 10.8 Å². The van der Waals surface area contributed by atoms with Crippen molar-refractivity contribution in [2.24, 2.45) is 0 Å². The molecule has 122 valence electrons. The van der Waals surface area contributed by atoms with Gasteiger partial charge in [0.15, 0.2) is 0 Å². The smallest absolute Gasteiger partial charge is 0.329 e. The predicted molar refractivity (Wildman–Crippen MR) is 82.9 cm³/mol. The largest absolute Gasteiger partial charge is 0.458 e. The van der Waals surface area contributed by atoms with E-state index in [1.54, 1.807) is 20.8 Å². The summed E-state index contributed by atoms with van der Waals surface area (Å²) in [6.07, 6.45) is 0.370. The highest BCUT2D eigenvalue weighted by Crippen LogP contribution is 2.11. The van der Waals surface area contributed by atoms with Crippen molar-refractivity contribution in [3.63, 3.8) is 0 Å². The van der Waals surface area contributed by atoms with Crippen LogP contribution >= 0.6 is 0 Å². The van der Waals surface area contributed by atoms with Crippen molar-refractivity contribution in [2.45, 2.75) is 38.8 Å². The van der Waals surface area contributed by atoms with Gasteiger partial charge in [0.1, 0.15) is 11.6 Å². The number of benzene rings is 1. The van der Waals surface area contributed by atoms with Crippen LogP contribution in [-0.4, -0.2) is 37.2 Å². The van der Waals surface area contributed by atoms with E-state index in [0.29, 0.717) is 6.42 Å². The number of amides is 1. The quantitative estimate of drug-likeness (QED) is 0.585. The number of nitrogens with one attached hydrogen (secondary N) is 2. The minimum atomic E-state index is -0.743. The van der Waals surface area contributed by atoms with Gasteiger partial charge in [-0.15, -0.1) is 0 Å². The summed E-state index contributed by atoms with van der Waals surface area (Å²) in [5.74, 6) is -0.796. The first-order chi connectivity index (χ1) is 10.3. The second-order valence-corrected chi connectivity index (χ2v) is 5.87. The van der Waals surface area contributed by atoms with E-state index in [4.69, 9.17) is 4.74 Å². The Hall–Kier alpha value is -1.92. The third kappa shape index (κ3) is 7.19. The number of rotatable bonds is 7. The standard InChI is InChI=1S/C16H24N2O4/c1-16(2,3)22-15(20)13(18-14(19)11-17-21-4)10-12-8-6-5-7-9-12/h5-9,13,17H,10-11H2,1-4H3,(H,18,19)/t13-/m0/s1. The minimum Gasteiger partial charge on any atom is -0.458 e. The molecule has 0 aliphatic heterocycles. The molecule has 0 heterocycles. The summed E-state index contributed by atoms with van der Waals surface area (Å²) in [7, 11) is 1.42. The van der Waals surface area contributed by atoms with Crippen LogP contribution in [0.15, 0.2) is 30.3 Å². The van der Waals surface area contributed by atoms with Crippen LogP contribution in [0.2, 0.25) is 0 Å². The summed E-state index contributed by atoms with van der Waals surface area (Å²) in [4.78, 5) is 28.7. The molecular weight excluding hydrogens is 284 g/mol. The van der Waals surface area contributed by atoms with Gasteiger partial charge in [0.2, 0.25) is 5.91 Å². The molecule has 0 spiro atoms. The highest BCUT2D eigenvalue weighted by atomic mass is 16.6. The van der Waals surface area contributed by atoms with E-state index in [1.165, 1.54) is 7.11 Å². The molecule has 0 aliphatic rings. The highest BCUT2D eigenvalue weighted by molar-refractivity contribution is 5.85. The lowest BCUT2D eigenvalue weighted by Gasteiger charge is -2.24. The normalized spacial score (nSPS) is 12.5. The average molecular weight is 308 g/mol. The first-order valence-corrected chi connectivity index (χ1v) is 7.14. The Bertz CT molecular complexity index is 483. The zero-order valence-corrected chi connectivity index (χ0v) is 13.5. The number of carbonyl (C=O) groups excluding carboxylic acids is 2. The number of hydrogen-bond acceptors (Lipinski definition) is 5. The Morgan fingerprint density at radius 3 is 2.36 bits per heavy atom. The minimum absolute atomic E-state index is 0.0371. The molecule has 0 bridgehead atoms. The monoisotopic (exact) mass is 308 g/mol. The SMILES string of the molecule is CONCC(=O)N[C@@H](Cc1ccccc1)C(=O)OC(C)(C)C. The lowest BCUT2D eigenvalue weighted by atomic mass is 10.1. The van der Waals surface area contributed by atoms with Gasteiger partial charge in [0, 0.05) is 6.42 Å². The van der Waals surface area contributed by atoms with Crippen LogP contribution in [-0.2, 0) is 25.6 Å². The van der Waals surface area contributed by atoms with E-state index in [0.717, 1.165) is 5.56 Å². The maximum Gasteiger partial charge on any atom is 0.329 e. The lowest BCUT2D eigenvalue weighted by molar-refractivity contribution is -0.158. The van der Waals surface area contributed by atoms with Gasteiger partial charge < -0.3 is 14.9 Å². The van der Waals surface area contributed by atoms with Gasteiger partial charge in [-0.2, -0.15) is 5.48 Å². The van der Waals surface area contributed by atoms with Gasteiger partial charge in [-0.3, -0.25) is 4.79 Å². The van der Waals surface area contributed by atoms with E-state index >= 15 is 0 Å².